The molecule has 0 fully saturated rings. The monoisotopic (exact) mass is 339 g/mol. The number of unbranched alkanes of at least 4 members (excludes halogenated alkanes) is 11. The predicted octanol–water partition coefficient (Wildman–Crippen LogP) is 7.00. The van der Waals surface area contributed by atoms with E-state index in [1.54, 1.807) is 6.07 Å². The summed E-state index contributed by atoms with van der Waals surface area (Å²) in [6, 6.07) is 5.40. The zero-order valence-corrected chi connectivity index (χ0v) is 15.5. The van der Waals surface area contributed by atoms with Gasteiger partial charge < -0.3 is 10.5 Å². The quantitative estimate of drug-likeness (QED) is 0.292. The number of benzene rings is 1. The maximum absolute atomic E-state index is 5.87. The maximum atomic E-state index is 5.87. The first-order chi connectivity index (χ1) is 11.2. The smallest absolute Gasteiger partial charge is 0.142 e. The molecule has 1 aromatic rings. The Labute approximate surface area is 147 Å². The van der Waals surface area contributed by atoms with Crippen LogP contribution < -0.4 is 10.5 Å². The van der Waals surface area contributed by atoms with Gasteiger partial charge in [0.05, 0.1) is 12.3 Å². The Balaban J connectivity index is 1.86. The van der Waals surface area contributed by atoms with Gasteiger partial charge in [-0.3, -0.25) is 0 Å². The molecule has 0 heterocycles. The molecule has 0 atom stereocenters. The lowest BCUT2D eigenvalue weighted by molar-refractivity contribution is 0.306. The molecule has 0 aliphatic carbocycles. The van der Waals surface area contributed by atoms with E-state index in [1.807, 2.05) is 12.1 Å². The molecule has 1 rings (SSSR count). The Morgan fingerprint density at radius 3 is 1.87 bits per heavy atom. The highest BCUT2D eigenvalue weighted by atomic mass is 35.5. The minimum absolute atomic E-state index is 0.622. The van der Waals surface area contributed by atoms with E-state index < -0.39 is 0 Å². The van der Waals surface area contributed by atoms with Crippen molar-refractivity contribution in [3.63, 3.8) is 0 Å². The second kappa shape index (κ2) is 13.5. The molecule has 0 aliphatic heterocycles. The Morgan fingerprint density at radius 2 is 1.35 bits per heavy atom. The number of hydrogen-bond donors (Lipinski definition) is 1. The summed E-state index contributed by atoms with van der Waals surface area (Å²) in [7, 11) is 0. The van der Waals surface area contributed by atoms with Crippen LogP contribution in [-0.4, -0.2) is 6.61 Å². The summed E-state index contributed by atoms with van der Waals surface area (Å²) in [5, 5.41) is 0.653. The van der Waals surface area contributed by atoms with Crippen molar-refractivity contribution in [1.82, 2.24) is 0 Å². The molecule has 2 N–H and O–H groups in total. The second-order valence-corrected chi connectivity index (χ2v) is 6.86. The average Bonchev–Trinajstić information content (AvgIpc) is 2.53. The van der Waals surface area contributed by atoms with E-state index in [0.29, 0.717) is 10.7 Å². The molecule has 0 aromatic heterocycles. The molecule has 2 nitrogen and oxygen atoms in total. The molecular weight excluding hydrogens is 306 g/mol. The van der Waals surface area contributed by atoms with Gasteiger partial charge in [0.1, 0.15) is 5.75 Å². The van der Waals surface area contributed by atoms with Gasteiger partial charge >= 0.3 is 0 Å². The van der Waals surface area contributed by atoms with Crippen LogP contribution in [0.5, 0.6) is 5.75 Å². The normalized spacial score (nSPS) is 10.9. The number of rotatable bonds is 14. The van der Waals surface area contributed by atoms with Crippen molar-refractivity contribution >= 4 is 17.3 Å². The Bertz CT molecular complexity index is 409. The topological polar surface area (TPSA) is 35.2 Å². The molecule has 132 valence electrons. The third-order valence-corrected chi connectivity index (χ3v) is 4.46. The van der Waals surface area contributed by atoms with Crippen LogP contribution in [-0.2, 0) is 0 Å². The lowest BCUT2D eigenvalue weighted by atomic mass is 10.1. The molecule has 0 spiro atoms. The first kappa shape index (κ1) is 20.2. The molecule has 1 aromatic carbocycles. The molecule has 0 bridgehead atoms. The van der Waals surface area contributed by atoms with Crippen LogP contribution in [0.2, 0.25) is 5.02 Å². The highest BCUT2D eigenvalue weighted by Crippen LogP contribution is 2.25. The Morgan fingerprint density at radius 1 is 0.826 bits per heavy atom. The standard InChI is InChI=1S/C20H34ClNO/c1-2-3-4-5-6-7-8-9-10-11-12-13-16-23-20-15-14-18(21)17-19(20)22/h14-15,17H,2-13,16,22H2,1H3. The molecule has 23 heavy (non-hydrogen) atoms. The van der Waals surface area contributed by atoms with Gasteiger partial charge in [0.15, 0.2) is 0 Å². The average molecular weight is 340 g/mol. The van der Waals surface area contributed by atoms with Crippen LogP contribution in [0, 0.1) is 0 Å². The van der Waals surface area contributed by atoms with E-state index in [9.17, 15) is 0 Å². The first-order valence-corrected chi connectivity index (χ1v) is 9.79. The summed E-state index contributed by atoms with van der Waals surface area (Å²) < 4.78 is 5.70. The third kappa shape index (κ3) is 10.5. The number of nitrogen functional groups attached to an aromatic ring is 1. The number of ether oxygens (including phenoxy) is 1. The lowest BCUT2D eigenvalue weighted by Crippen LogP contribution is -2.00. The van der Waals surface area contributed by atoms with Gasteiger partial charge in [-0.2, -0.15) is 0 Å². The number of hydrogen-bond acceptors (Lipinski definition) is 2. The molecular formula is C20H34ClNO. The zero-order chi connectivity index (χ0) is 16.8. The highest BCUT2D eigenvalue weighted by molar-refractivity contribution is 6.30. The summed E-state index contributed by atoms with van der Waals surface area (Å²) in [5.41, 5.74) is 6.48. The number of nitrogens with two attached hydrogens (primary N) is 1. The second-order valence-electron chi connectivity index (χ2n) is 6.42. The summed E-state index contributed by atoms with van der Waals surface area (Å²) in [6.45, 7) is 3.01. The van der Waals surface area contributed by atoms with E-state index in [2.05, 4.69) is 6.92 Å². The van der Waals surface area contributed by atoms with Gasteiger partial charge in [0, 0.05) is 5.02 Å². The van der Waals surface area contributed by atoms with Crippen molar-refractivity contribution in [2.45, 2.75) is 84.0 Å². The summed E-state index contributed by atoms with van der Waals surface area (Å²) in [4.78, 5) is 0. The van der Waals surface area contributed by atoms with E-state index in [0.717, 1.165) is 18.8 Å². The molecule has 0 saturated heterocycles. The Hall–Kier alpha value is -0.890. The van der Waals surface area contributed by atoms with E-state index in [-0.39, 0.29) is 0 Å². The fourth-order valence-corrected chi connectivity index (χ4v) is 2.96. The highest BCUT2D eigenvalue weighted by Gasteiger charge is 2.00. The SMILES string of the molecule is CCCCCCCCCCCCCCOc1ccc(Cl)cc1N. The van der Waals surface area contributed by atoms with Gasteiger partial charge in [-0.1, -0.05) is 89.2 Å². The van der Waals surface area contributed by atoms with Crippen molar-refractivity contribution in [2.24, 2.45) is 0 Å². The van der Waals surface area contributed by atoms with Gasteiger partial charge in [-0.25, -0.2) is 0 Å². The van der Waals surface area contributed by atoms with Gasteiger partial charge in [-0.15, -0.1) is 0 Å². The Kier molecular flexibility index (Phi) is 11.9. The summed E-state index contributed by atoms with van der Waals surface area (Å²) in [5.74, 6) is 0.748. The minimum atomic E-state index is 0.622. The zero-order valence-electron chi connectivity index (χ0n) is 14.8. The first-order valence-electron chi connectivity index (χ1n) is 9.42. The predicted molar refractivity (Wildman–Crippen MR) is 102 cm³/mol. The third-order valence-electron chi connectivity index (χ3n) is 4.23. The molecule has 3 heteroatoms. The van der Waals surface area contributed by atoms with Crippen molar-refractivity contribution in [3.05, 3.63) is 23.2 Å². The molecule has 0 aliphatic rings. The van der Waals surface area contributed by atoms with Gasteiger partial charge in [0.2, 0.25) is 0 Å². The van der Waals surface area contributed by atoms with Crippen LogP contribution in [0.25, 0.3) is 0 Å². The van der Waals surface area contributed by atoms with E-state index in [4.69, 9.17) is 22.1 Å². The van der Waals surface area contributed by atoms with Crippen LogP contribution >= 0.6 is 11.6 Å². The molecule has 0 saturated carbocycles. The maximum Gasteiger partial charge on any atom is 0.142 e. The van der Waals surface area contributed by atoms with Crippen LogP contribution in [0.4, 0.5) is 5.69 Å². The summed E-state index contributed by atoms with van der Waals surface area (Å²) >= 11 is 5.87. The van der Waals surface area contributed by atoms with Crippen molar-refractivity contribution in [2.75, 3.05) is 12.3 Å². The number of anilines is 1. The molecule has 0 radical (unpaired) electrons. The van der Waals surface area contributed by atoms with Gasteiger partial charge in [-0.05, 0) is 24.6 Å². The van der Waals surface area contributed by atoms with Crippen molar-refractivity contribution < 1.29 is 4.74 Å². The molecule has 0 unspecified atom stereocenters. The fourth-order valence-electron chi connectivity index (χ4n) is 2.78. The number of halogens is 1. The van der Waals surface area contributed by atoms with E-state index >= 15 is 0 Å². The lowest BCUT2D eigenvalue weighted by Gasteiger charge is -2.09. The van der Waals surface area contributed by atoms with Crippen molar-refractivity contribution in [3.8, 4) is 5.75 Å². The van der Waals surface area contributed by atoms with Crippen LogP contribution in [0.1, 0.15) is 84.0 Å². The largest absolute Gasteiger partial charge is 0.491 e. The summed E-state index contributed by atoms with van der Waals surface area (Å²) in [6.07, 6.45) is 16.3. The van der Waals surface area contributed by atoms with E-state index in [1.165, 1.54) is 70.6 Å². The fraction of sp³-hybridized carbons (Fsp3) is 0.700. The molecule has 0 amide bonds. The van der Waals surface area contributed by atoms with Crippen molar-refractivity contribution in [1.29, 1.82) is 0 Å². The van der Waals surface area contributed by atoms with Gasteiger partial charge in [0.25, 0.3) is 0 Å². The van der Waals surface area contributed by atoms with Crippen LogP contribution in [0.3, 0.4) is 0 Å². The minimum Gasteiger partial charge on any atom is -0.491 e. The van der Waals surface area contributed by atoms with Crippen LogP contribution in [0.15, 0.2) is 18.2 Å².